The Morgan fingerprint density at radius 2 is 1.65 bits per heavy atom. The molecular weight excluding hydrogens is 491 g/mol. The fraction of sp³-hybridized carbons (Fsp3) is 0.130. The van der Waals surface area contributed by atoms with Gasteiger partial charge in [-0.1, -0.05) is 47.5 Å². The number of benzene rings is 3. The smallest absolute Gasteiger partial charge is 0.271 e. The first-order valence-electron chi connectivity index (χ1n) is 9.81. The Bertz CT molecular complexity index is 1290. The highest BCUT2D eigenvalue weighted by Crippen LogP contribution is 2.31. The summed E-state index contributed by atoms with van der Waals surface area (Å²) in [5.41, 5.74) is 1.94. The molecule has 0 aliphatic rings. The molecule has 0 unspecified atom stereocenters. The molecule has 3 rings (SSSR count). The highest BCUT2D eigenvalue weighted by molar-refractivity contribution is 7.92. The number of carbonyl (C=O) groups excluding carboxylic acids is 1. The standard InChI is InChI=1S/C23H19ClF3N3O3S/c1-16-6-12-20(13-7-16)34(32,33)30(19-10-8-18(24)9-11-19)15-22(31)29-28-14-17-4-2-3-5-21(17)23(25,26)27/h2-14H,15H2,1H3,(H,29,31)/b28-14-. The van der Waals surface area contributed by atoms with Crippen LogP contribution in [-0.2, 0) is 21.0 Å². The van der Waals surface area contributed by atoms with Gasteiger partial charge in [-0.25, -0.2) is 13.8 Å². The molecule has 0 heterocycles. The van der Waals surface area contributed by atoms with E-state index in [9.17, 15) is 26.4 Å². The van der Waals surface area contributed by atoms with Crippen molar-refractivity contribution in [2.24, 2.45) is 5.10 Å². The van der Waals surface area contributed by atoms with Crippen LogP contribution in [0.4, 0.5) is 18.9 Å². The second kappa shape index (κ2) is 10.3. The van der Waals surface area contributed by atoms with E-state index in [-0.39, 0.29) is 16.1 Å². The average molecular weight is 510 g/mol. The van der Waals surface area contributed by atoms with Gasteiger partial charge < -0.3 is 0 Å². The van der Waals surface area contributed by atoms with Gasteiger partial charge >= 0.3 is 6.18 Å². The highest BCUT2D eigenvalue weighted by atomic mass is 35.5. The molecule has 3 aromatic carbocycles. The number of aryl methyl sites for hydroxylation is 1. The third kappa shape index (κ3) is 6.15. The molecule has 0 aromatic heterocycles. The van der Waals surface area contributed by atoms with E-state index in [1.807, 2.05) is 0 Å². The van der Waals surface area contributed by atoms with Crippen molar-refractivity contribution in [1.82, 2.24) is 5.43 Å². The summed E-state index contributed by atoms with van der Waals surface area (Å²) < 4.78 is 66.7. The second-order valence-electron chi connectivity index (χ2n) is 7.18. The number of carbonyl (C=O) groups is 1. The van der Waals surface area contributed by atoms with Crippen molar-refractivity contribution >= 4 is 39.4 Å². The van der Waals surface area contributed by atoms with Crippen LogP contribution in [0.1, 0.15) is 16.7 Å². The van der Waals surface area contributed by atoms with Crippen LogP contribution in [0.5, 0.6) is 0 Å². The van der Waals surface area contributed by atoms with Crippen molar-refractivity contribution in [2.75, 3.05) is 10.8 Å². The SMILES string of the molecule is Cc1ccc(S(=O)(=O)N(CC(=O)N/N=C\c2ccccc2C(F)(F)F)c2ccc(Cl)cc2)cc1. The van der Waals surface area contributed by atoms with E-state index in [1.165, 1.54) is 54.6 Å². The average Bonchev–Trinajstić information content (AvgIpc) is 2.78. The fourth-order valence-electron chi connectivity index (χ4n) is 2.97. The normalized spacial score (nSPS) is 12.0. The molecule has 0 atom stereocenters. The summed E-state index contributed by atoms with van der Waals surface area (Å²) in [7, 11) is -4.15. The maximum Gasteiger partial charge on any atom is 0.417 e. The summed E-state index contributed by atoms with van der Waals surface area (Å²) in [5, 5.41) is 3.95. The van der Waals surface area contributed by atoms with Crippen molar-refractivity contribution in [3.05, 3.63) is 94.5 Å². The first kappa shape index (κ1) is 25.3. The third-order valence-electron chi connectivity index (χ3n) is 4.67. The van der Waals surface area contributed by atoms with Crippen LogP contribution in [0.2, 0.25) is 5.02 Å². The van der Waals surface area contributed by atoms with Crippen LogP contribution in [0, 0.1) is 6.92 Å². The summed E-state index contributed by atoms with van der Waals surface area (Å²) in [6.45, 7) is 1.13. The Labute approximate surface area is 199 Å². The minimum Gasteiger partial charge on any atom is -0.271 e. The van der Waals surface area contributed by atoms with Crippen molar-refractivity contribution < 1.29 is 26.4 Å². The van der Waals surface area contributed by atoms with Crippen LogP contribution in [-0.4, -0.2) is 27.1 Å². The highest BCUT2D eigenvalue weighted by Gasteiger charge is 2.32. The number of halogens is 4. The molecule has 3 aromatic rings. The largest absolute Gasteiger partial charge is 0.417 e. The molecule has 1 amide bonds. The third-order valence-corrected chi connectivity index (χ3v) is 6.71. The van der Waals surface area contributed by atoms with Gasteiger partial charge in [-0.05, 0) is 49.4 Å². The molecule has 0 bridgehead atoms. The van der Waals surface area contributed by atoms with Crippen LogP contribution in [0.25, 0.3) is 0 Å². The molecule has 6 nitrogen and oxygen atoms in total. The zero-order chi connectivity index (χ0) is 24.9. The maximum atomic E-state index is 13.3. The Morgan fingerprint density at radius 1 is 1.03 bits per heavy atom. The first-order chi connectivity index (χ1) is 16.0. The molecule has 34 heavy (non-hydrogen) atoms. The summed E-state index contributed by atoms with van der Waals surface area (Å²) in [6.07, 6.45) is -3.75. The lowest BCUT2D eigenvalue weighted by Crippen LogP contribution is -2.39. The Kier molecular flexibility index (Phi) is 7.63. The Hall–Kier alpha value is -3.37. The predicted molar refractivity (Wildman–Crippen MR) is 124 cm³/mol. The van der Waals surface area contributed by atoms with Gasteiger partial charge in [0.05, 0.1) is 22.4 Å². The van der Waals surface area contributed by atoms with E-state index in [4.69, 9.17) is 11.6 Å². The molecule has 0 spiro atoms. The number of nitrogens with one attached hydrogen (secondary N) is 1. The second-order valence-corrected chi connectivity index (χ2v) is 9.48. The van der Waals surface area contributed by atoms with E-state index in [1.54, 1.807) is 19.1 Å². The summed E-state index contributed by atoms with van der Waals surface area (Å²) >= 11 is 5.90. The van der Waals surface area contributed by atoms with Gasteiger partial charge in [-0.2, -0.15) is 18.3 Å². The van der Waals surface area contributed by atoms with Crippen LogP contribution in [0.15, 0.2) is 82.8 Å². The molecule has 178 valence electrons. The molecule has 0 fully saturated rings. The Morgan fingerprint density at radius 3 is 2.26 bits per heavy atom. The number of anilines is 1. The summed E-state index contributed by atoms with van der Waals surface area (Å²) in [6, 6.07) is 16.6. The number of sulfonamides is 1. The number of hydrazone groups is 1. The topological polar surface area (TPSA) is 78.8 Å². The zero-order valence-corrected chi connectivity index (χ0v) is 19.3. The lowest BCUT2D eigenvalue weighted by molar-refractivity contribution is -0.137. The lowest BCUT2D eigenvalue weighted by atomic mass is 10.1. The van der Waals surface area contributed by atoms with Crippen molar-refractivity contribution in [3.8, 4) is 0 Å². The van der Waals surface area contributed by atoms with Crippen LogP contribution < -0.4 is 9.73 Å². The van der Waals surface area contributed by atoms with Gasteiger partial charge in [0.1, 0.15) is 6.54 Å². The molecule has 1 N–H and O–H groups in total. The van der Waals surface area contributed by atoms with E-state index in [2.05, 4.69) is 10.5 Å². The lowest BCUT2D eigenvalue weighted by Gasteiger charge is -2.23. The monoisotopic (exact) mass is 509 g/mol. The number of hydrogen-bond donors (Lipinski definition) is 1. The first-order valence-corrected chi connectivity index (χ1v) is 11.6. The van der Waals surface area contributed by atoms with Crippen LogP contribution >= 0.6 is 11.6 Å². The molecule has 0 aliphatic carbocycles. The van der Waals surface area contributed by atoms with Crippen LogP contribution in [0.3, 0.4) is 0 Å². The van der Waals surface area contributed by atoms with Crippen molar-refractivity contribution in [2.45, 2.75) is 18.0 Å². The van der Waals surface area contributed by atoms with Gasteiger partial charge in [0.2, 0.25) is 0 Å². The van der Waals surface area contributed by atoms with Gasteiger partial charge in [0, 0.05) is 10.6 Å². The van der Waals surface area contributed by atoms with E-state index < -0.39 is 34.2 Å². The molecule has 0 saturated heterocycles. The minimum absolute atomic E-state index is 0.0385. The molecule has 0 aliphatic heterocycles. The predicted octanol–water partition coefficient (Wildman–Crippen LogP) is 5.01. The van der Waals surface area contributed by atoms with Gasteiger partial charge in [-0.15, -0.1) is 0 Å². The van der Waals surface area contributed by atoms with E-state index in [0.29, 0.717) is 5.02 Å². The number of rotatable bonds is 7. The minimum atomic E-state index is -4.60. The van der Waals surface area contributed by atoms with E-state index >= 15 is 0 Å². The molecule has 0 radical (unpaired) electrons. The number of nitrogens with zero attached hydrogens (tertiary/aromatic N) is 2. The van der Waals surface area contributed by atoms with Crippen molar-refractivity contribution in [3.63, 3.8) is 0 Å². The zero-order valence-electron chi connectivity index (χ0n) is 17.8. The number of hydrogen-bond acceptors (Lipinski definition) is 4. The molecule has 0 saturated carbocycles. The molecular formula is C23H19ClF3N3O3S. The van der Waals surface area contributed by atoms with Gasteiger partial charge in [0.15, 0.2) is 0 Å². The quantitative estimate of drug-likeness (QED) is 0.359. The maximum absolute atomic E-state index is 13.3. The number of alkyl halides is 3. The fourth-order valence-corrected chi connectivity index (χ4v) is 4.51. The van der Waals surface area contributed by atoms with Crippen molar-refractivity contribution in [1.29, 1.82) is 0 Å². The Balaban J connectivity index is 1.85. The molecule has 11 heteroatoms. The van der Waals surface area contributed by atoms with E-state index in [0.717, 1.165) is 22.1 Å². The van der Waals surface area contributed by atoms with Gasteiger partial charge in [0.25, 0.3) is 15.9 Å². The summed E-state index contributed by atoms with van der Waals surface area (Å²) in [4.78, 5) is 12.5. The number of amides is 1. The van der Waals surface area contributed by atoms with Gasteiger partial charge in [-0.3, -0.25) is 9.10 Å². The summed E-state index contributed by atoms with van der Waals surface area (Å²) in [5.74, 6) is -0.855.